The molecule has 0 atom stereocenters. The summed E-state index contributed by atoms with van der Waals surface area (Å²) in [6.07, 6.45) is 0. The summed E-state index contributed by atoms with van der Waals surface area (Å²) in [5.41, 5.74) is 4.27. The third kappa shape index (κ3) is 5.67. The fraction of sp³-hybridized carbons (Fsp3) is 0.0909. The van der Waals surface area contributed by atoms with Gasteiger partial charge in [0.05, 0.1) is 36.7 Å². The number of nitrogens with zero attached hydrogens (tertiary/aromatic N) is 2. The second-order valence-electron chi connectivity index (χ2n) is 6.09. The molecule has 3 rings (SSSR count). The number of carbonyl (C=O) groups excluding carboxylic acids is 2. The summed E-state index contributed by atoms with van der Waals surface area (Å²) in [6.45, 7) is 0. The molecule has 1 N–H and O–H groups in total. The Morgan fingerprint density at radius 2 is 1.61 bits per heavy atom. The van der Waals surface area contributed by atoms with Gasteiger partial charge in [-0.15, -0.1) is 10.2 Å². The largest absolute Gasteiger partial charge is 0.493 e. The number of rotatable bonds is 7. The van der Waals surface area contributed by atoms with Gasteiger partial charge in [0.25, 0.3) is 5.91 Å². The predicted octanol–water partition coefficient (Wildman–Crippen LogP) is 5.57. The molecule has 0 unspecified atom stereocenters. The standard InChI is InChI=1S/C22H18BrN3O5/c1-29-19-12-7-14(13-20(19)30-2)22(28)31-26-16-10-8-15(9-11-16)24-25-21(27)17-5-3-4-6-18(17)23/h3-13,26H,1-2H3. The van der Waals surface area contributed by atoms with Crippen LogP contribution in [0.25, 0.3) is 0 Å². The number of hydrogen-bond donors (Lipinski definition) is 1. The minimum Gasteiger partial charge on any atom is -0.493 e. The monoisotopic (exact) mass is 483 g/mol. The average molecular weight is 484 g/mol. The number of nitrogens with one attached hydrogen (secondary N) is 1. The summed E-state index contributed by atoms with van der Waals surface area (Å²) >= 11 is 3.31. The van der Waals surface area contributed by atoms with E-state index in [0.29, 0.717) is 38.5 Å². The minimum atomic E-state index is -0.594. The Morgan fingerprint density at radius 3 is 2.29 bits per heavy atom. The van der Waals surface area contributed by atoms with E-state index in [9.17, 15) is 9.59 Å². The van der Waals surface area contributed by atoms with Crippen LogP contribution in [0.15, 0.2) is 81.4 Å². The van der Waals surface area contributed by atoms with Crippen LogP contribution in [0.4, 0.5) is 11.4 Å². The number of anilines is 1. The summed E-state index contributed by atoms with van der Waals surface area (Å²) in [5, 5.41) is 7.66. The molecular formula is C22H18BrN3O5. The number of ether oxygens (including phenoxy) is 2. The van der Waals surface area contributed by atoms with Gasteiger partial charge in [0, 0.05) is 4.47 Å². The first kappa shape index (κ1) is 22.0. The Labute approximate surface area is 186 Å². The highest BCUT2D eigenvalue weighted by atomic mass is 79.9. The molecule has 0 saturated carbocycles. The number of halogens is 1. The van der Waals surface area contributed by atoms with Gasteiger partial charge in [-0.3, -0.25) is 4.79 Å². The lowest BCUT2D eigenvalue weighted by Crippen LogP contribution is -2.11. The average Bonchev–Trinajstić information content (AvgIpc) is 2.81. The van der Waals surface area contributed by atoms with Crippen molar-refractivity contribution in [2.75, 3.05) is 19.7 Å². The van der Waals surface area contributed by atoms with Crippen LogP contribution in [0.3, 0.4) is 0 Å². The highest BCUT2D eigenvalue weighted by molar-refractivity contribution is 9.10. The van der Waals surface area contributed by atoms with Crippen LogP contribution in [0.5, 0.6) is 11.5 Å². The Kier molecular flexibility index (Phi) is 7.34. The number of azo groups is 1. The molecule has 0 saturated heterocycles. The van der Waals surface area contributed by atoms with Crippen LogP contribution in [-0.4, -0.2) is 26.1 Å². The second kappa shape index (κ2) is 10.4. The molecule has 3 aromatic rings. The Morgan fingerprint density at radius 1 is 0.903 bits per heavy atom. The van der Waals surface area contributed by atoms with Gasteiger partial charge in [-0.1, -0.05) is 12.1 Å². The molecule has 0 bridgehead atoms. The number of methoxy groups -OCH3 is 2. The number of benzene rings is 3. The van der Waals surface area contributed by atoms with Crippen molar-refractivity contribution in [3.05, 3.63) is 82.3 Å². The first-order valence-corrected chi connectivity index (χ1v) is 9.81. The van der Waals surface area contributed by atoms with E-state index in [1.165, 1.54) is 20.3 Å². The molecule has 9 heteroatoms. The zero-order valence-electron chi connectivity index (χ0n) is 16.7. The van der Waals surface area contributed by atoms with Crippen molar-refractivity contribution < 1.29 is 23.9 Å². The van der Waals surface area contributed by atoms with Crippen molar-refractivity contribution in [1.29, 1.82) is 0 Å². The highest BCUT2D eigenvalue weighted by Gasteiger charge is 2.12. The summed E-state index contributed by atoms with van der Waals surface area (Å²) in [6, 6.07) is 18.2. The lowest BCUT2D eigenvalue weighted by molar-refractivity contribution is 0.0596. The molecule has 0 spiro atoms. The molecule has 0 aliphatic rings. The second-order valence-corrected chi connectivity index (χ2v) is 6.95. The Balaban J connectivity index is 1.59. The fourth-order valence-electron chi connectivity index (χ4n) is 2.52. The number of hydrogen-bond acceptors (Lipinski definition) is 7. The third-order valence-corrected chi connectivity index (χ3v) is 4.80. The maximum Gasteiger partial charge on any atom is 0.362 e. The summed E-state index contributed by atoms with van der Waals surface area (Å²) in [4.78, 5) is 29.5. The molecule has 0 aromatic heterocycles. The lowest BCUT2D eigenvalue weighted by atomic mass is 10.2. The van der Waals surface area contributed by atoms with Gasteiger partial charge in [0.2, 0.25) is 0 Å². The van der Waals surface area contributed by atoms with Crippen LogP contribution in [0.1, 0.15) is 20.7 Å². The van der Waals surface area contributed by atoms with E-state index >= 15 is 0 Å². The van der Waals surface area contributed by atoms with Crippen LogP contribution in [0, 0.1) is 0 Å². The lowest BCUT2D eigenvalue weighted by Gasteiger charge is -2.10. The van der Waals surface area contributed by atoms with E-state index in [4.69, 9.17) is 14.3 Å². The van der Waals surface area contributed by atoms with Crippen molar-refractivity contribution in [3.63, 3.8) is 0 Å². The maximum atomic E-state index is 12.2. The quantitative estimate of drug-likeness (QED) is 0.348. The van der Waals surface area contributed by atoms with Gasteiger partial charge >= 0.3 is 5.97 Å². The molecule has 1 amide bonds. The topological polar surface area (TPSA) is 98.6 Å². The number of carbonyl (C=O) groups is 2. The van der Waals surface area contributed by atoms with E-state index in [2.05, 4.69) is 31.6 Å². The summed E-state index contributed by atoms with van der Waals surface area (Å²) < 4.78 is 11.0. The van der Waals surface area contributed by atoms with E-state index in [-0.39, 0.29) is 0 Å². The smallest absolute Gasteiger partial charge is 0.362 e. The minimum absolute atomic E-state index is 0.293. The Bertz CT molecular complexity index is 1120. The zero-order chi connectivity index (χ0) is 22.2. The third-order valence-electron chi connectivity index (χ3n) is 4.11. The summed E-state index contributed by atoms with van der Waals surface area (Å²) in [7, 11) is 2.99. The van der Waals surface area contributed by atoms with Crippen LogP contribution in [-0.2, 0) is 4.84 Å². The van der Waals surface area contributed by atoms with Crippen LogP contribution >= 0.6 is 15.9 Å². The maximum absolute atomic E-state index is 12.2. The van der Waals surface area contributed by atoms with Gasteiger partial charge < -0.3 is 14.3 Å². The van der Waals surface area contributed by atoms with Crippen molar-refractivity contribution in [3.8, 4) is 11.5 Å². The van der Waals surface area contributed by atoms with Gasteiger partial charge in [-0.25, -0.2) is 10.3 Å². The molecule has 0 aliphatic heterocycles. The first-order chi connectivity index (χ1) is 15.0. The predicted molar refractivity (Wildman–Crippen MR) is 118 cm³/mol. The molecule has 8 nitrogen and oxygen atoms in total. The molecule has 0 radical (unpaired) electrons. The normalized spacial score (nSPS) is 10.5. The van der Waals surface area contributed by atoms with Crippen molar-refractivity contribution >= 4 is 39.2 Å². The first-order valence-electron chi connectivity index (χ1n) is 9.01. The van der Waals surface area contributed by atoms with Gasteiger partial charge in [-0.05, 0) is 70.5 Å². The SMILES string of the molecule is COc1ccc(C(=O)ONc2ccc(N=NC(=O)c3ccccc3Br)cc2)cc1OC. The molecule has 0 aliphatic carbocycles. The molecule has 158 valence electrons. The molecule has 0 heterocycles. The van der Waals surface area contributed by atoms with E-state index < -0.39 is 11.9 Å². The van der Waals surface area contributed by atoms with Gasteiger partial charge in [0.1, 0.15) is 0 Å². The Hall–Kier alpha value is -3.72. The van der Waals surface area contributed by atoms with Crippen LogP contribution < -0.4 is 15.0 Å². The number of amides is 1. The molecule has 0 fully saturated rings. The molecule has 3 aromatic carbocycles. The summed E-state index contributed by atoms with van der Waals surface area (Å²) in [5.74, 6) is -0.124. The van der Waals surface area contributed by atoms with Crippen molar-refractivity contribution in [1.82, 2.24) is 0 Å². The van der Waals surface area contributed by atoms with E-state index in [1.807, 2.05) is 6.07 Å². The van der Waals surface area contributed by atoms with Gasteiger partial charge in [-0.2, -0.15) is 0 Å². The van der Waals surface area contributed by atoms with E-state index in [0.717, 1.165) is 0 Å². The zero-order valence-corrected chi connectivity index (χ0v) is 18.3. The van der Waals surface area contributed by atoms with Crippen LogP contribution in [0.2, 0.25) is 0 Å². The van der Waals surface area contributed by atoms with Crippen molar-refractivity contribution in [2.24, 2.45) is 10.2 Å². The van der Waals surface area contributed by atoms with Crippen molar-refractivity contribution in [2.45, 2.75) is 0 Å². The fourth-order valence-corrected chi connectivity index (χ4v) is 2.97. The molecule has 31 heavy (non-hydrogen) atoms. The van der Waals surface area contributed by atoms with E-state index in [1.54, 1.807) is 54.6 Å². The molecular weight excluding hydrogens is 466 g/mol. The highest BCUT2D eigenvalue weighted by Crippen LogP contribution is 2.28. The van der Waals surface area contributed by atoms with Gasteiger partial charge in [0.15, 0.2) is 11.5 Å².